The molecule has 1 atom stereocenters. The highest BCUT2D eigenvalue weighted by Crippen LogP contribution is 2.45. The van der Waals surface area contributed by atoms with Crippen LogP contribution in [-0.2, 0) is 5.66 Å². The predicted molar refractivity (Wildman–Crippen MR) is 110 cm³/mol. The molecule has 1 aromatic rings. The molecule has 2 heterocycles. The second kappa shape index (κ2) is 8.68. The third kappa shape index (κ3) is 5.19. The second-order valence-corrected chi connectivity index (χ2v) is 8.96. The zero-order chi connectivity index (χ0) is 23.9. The number of aromatic nitrogens is 1. The van der Waals surface area contributed by atoms with Crippen LogP contribution in [0.25, 0.3) is 0 Å². The van der Waals surface area contributed by atoms with Gasteiger partial charge in [0.05, 0.1) is 11.7 Å². The van der Waals surface area contributed by atoms with Gasteiger partial charge in [-0.2, -0.15) is 0 Å². The highest BCUT2D eigenvalue weighted by molar-refractivity contribution is 6.00. The number of halogens is 6. The van der Waals surface area contributed by atoms with Crippen LogP contribution in [0.5, 0.6) is 0 Å². The first-order chi connectivity index (χ1) is 15.5. The smallest absolute Gasteiger partial charge is 0.280 e. The molecule has 2 fully saturated rings. The molecule has 2 saturated carbocycles. The first-order valence-electron chi connectivity index (χ1n) is 11.0. The Morgan fingerprint density at radius 2 is 1.58 bits per heavy atom. The molecule has 1 aromatic heterocycles. The van der Waals surface area contributed by atoms with Gasteiger partial charge in [0.25, 0.3) is 6.43 Å². The van der Waals surface area contributed by atoms with Crippen LogP contribution < -0.4 is 16.4 Å². The summed E-state index contributed by atoms with van der Waals surface area (Å²) in [7, 11) is 0. The number of nitrogens with one attached hydrogen (secondary N) is 2. The largest absolute Gasteiger partial charge is 0.370 e. The third-order valence-electron chi connectivity index (χ3n) is 6.54. The fourth-order valence-corrected chi connectivity index (χ4v) is 4.75. The van der Waals surface area contributed by atoms with Gasteiger partial charge in [0, 0.05) is 31.6 Å². The molecule has 33 heavy (non-hydrogen) atoms. The third-order valence-corrected chi connectivity index (χ3v) is 6.54. The zero-order valence-electron chi connectivity index (χ0n) is 17.8. The van der Waals surface area contributed by atoms with Gasteiger partial charge in [-0.05, 0) is 37.8 Å². The van der Waals surface area contributed by atoms with Crippen molar-refractivity contribution in [3.63, 3.8) is 0 Å². The SMILES string of the molecule is NC1=NC(c2cccc(C(F)F)n2)(C2CCC(F)(F)CC2)NC(=NC2CCC(F)(F)CC2)N1. The molecule has 3 aliphatic rings. The lowest BCUT2D eigenvalue weighted by molar-refractivity contribution is -0.0569. The van der Waals surface area contributed by atoms with Gasteiger partial charge in [0.15, 0.2) is 11.6 Å². The molecule has 182 valence electrons. The standard InChI is InChI=1S/C21H26F6N6/c22-16(23)14-2-1-3-15(30-14)21(12-4-8-19(24,25)9-5-12)32-17(28)31-18(33-21)29-13-6-10-20(26,27)11-7-13/h1-3,12-13,16H,4-11H2,(H4,28,29,31,32,33). The molecule has 0 radical (unpaired) electrons. The van der Waals surface area contributed by atoms with Gasteiger partial charge in [-0.25, -0.2) is 41.3 Å². The fourth-order valence-electron chi connectivity index (χ4n) is 4.75. The van der Waals surface area contributed by atoms with Crippen molar-refractivity contribution < 1.29 is 26.3 Å². The van der Waals surface area contributed by atoms with E-state index in [4.69, 9.17) is 5.73 Å². The van der Waals surface area contributed by atoms with E-state index in [-0.39, 0.29) is 69.0 Å². The summed E-state index contributed by atoms with van der Waals surface area (Å²) in [6, 6.07) is 3.66. The molecule has 0 spiro atoms. The normalized spacial score (nSPS) is 29.4. The number of nitrogens with two attached hydrogens (primary N) is 1. The Balaban J connectivity index is 1.70. The topological polar surface area (TPSA) is 87.7 Å². The van der Waals surface area contributed by atoms with Crippen LogP contribution in [-0.4, -0.2) is 34.8 Å². The van der Waals surface area contributed by atoms with Crippen molar-refractivity contribution in [3.8, 4) is 0 Å². The minimum atomic E-state index is -2.84. The first kappa shape index (κ1) is 23.6. The molecular weight excluding hydrogens is 450 g/mol. The number of guanidine groups is 2. The van der Waals surface area contributed by atoms with E-state index < -0.39 is 41.6 Å². The Bertz CT molecular complexity index is 916. The Kier molecular flexibility index (Phi) is 6.21. The highest BCUT2D eigenvalue weighted by Gasteiger charge is 2.49. The van der Waals surface area contributed by atoms with E-state index in [2.05, 4.69) is 25.6 Å². The molecule has 1 aliphatic heterocycles. The van der Waals surface area contributed by atoms with Crippen molar-refractivity contribution >= 4 is 11.9 Å². The van der Waals surface area contributed by atoms with Gasteiger partial charge in [-0.3, -0.25) is 5.32 Å². The van der Waals surface area contributed by atoms with Crippen molar-refractivity contribution in [3.05, 3.63) is 29.6 Å². The number of hydrogen-bond acceptors (Lipinski definition) is 4. The molecule has 4 N–H and O–H groups in total. The van der Waals surface area contributed by atoms with Crippen LogP contribution >= 0.6 is 0 Å². The van der Waals surface area contributed by atoms with Crippen molar-refractivity contribution in [2.75, 3.05) is 0 Å². The summed E-state index contributed by atoms with van der Waals surface area (Å²) in [5.74, 6) is -6.02. The van der Waals surface area contributed by atoms with Gasteiger partial charge >= 0.3 is 0 Å². The number of nitrogens with zero attached hydrogens (tertiary/aromatic N) is 3. The van der Waals surface area contributed by atoms with Gasteiger partial charge in [-0.1, -0.05) is 6.07 Å². The Morgan fingerprint density at radius 1 is 0.970 bits per heavy atom. The van der Waals surface area contributed by atoms with Crippen molar-refractivity contribution in [1.82, 2.24) is 15.6 Å². The Labute approximate surface area is 187 Å². The van der Waals surface area contributed by atoms with Crippen LogP contribution in [0.3, 0.4) is 0 Å². The predicted octanol–water partition coefficient (Wildman–Crippen LogP) is 4.44. The summed E-state index contributed by atoms with van der Waals surface area (Å²) in [5, 5.41) is 5.83. The molecular formula is C21H26F6N6. The summed E-state index contributed by atoms with van der Waals surface area (Å²) < 4.78 is 81.5. The minimum Gasteiger partial charge on any atom is -0.370 e. The van der Waals surface area contributed by atoms with Crippen molar-refractivity contribution in [1.29, 1.82) is 0 Å². The van der Waals surface area contributed by atoms with E-state index in [1.165, 1.54) is 18.2 Å². The molecule has 0 aromatic carbocycles. The summed E-state index contributed by atoms with van der Waals surface area (Å²) in [4.78, 5) is 13.0. The number of hydrogen-bond donors (Lipinski definition) is 3. The highest BCUT2D eigenvalue weighted by atomic mass is 19.3. The molecule has 0 amide bonds. The molecule has 0 saturated heterocycles. The quantitative estimate of drug-likeness (QED) is 0.561. The van der Waals surface area contributed by atoms with E-state index in [0.717, 1.165) is 0 Å². The fraction of sp³-hybridized carbons (Fsp3) is 0.667. The Hall–Kier alpha value is -2.53. The van der Waals surface area contributed by atoms with Crippen LogP contribution in [0.2, 0.25) is 0 Å². The molecule has 12 heteroatoms. The van der Waals surface area contributed by atoms with Crippen molar-refractivity contribution in [2.24, 2.45) is 21.6 Å². The average molecular weight is 476 g/mol. The zero-order valence-corrected chi connectivity index (χ0v) is 17.8. The number of alkyl halides is 6. The van der Waals surface area contributed by atoms with Crippen LogP contribution in [0.1, 0.15) is 69.2 Å². The van der Waals surface area contributed by atoms with E-state index in [9.17, 15) is 26.3 Å². The molecule has 2 aliphatic carbocycles. The molecule has 6 nitrogen and oxygen atoms in total. The summed E-state index contributed by atoms with van der Waals surface area (Å²) in [5.41, 5.74) is 4.16. The van der Waals surface area contributed by atoms with Crippen LogP contribution in [0.4, 0.5) is 26.3 Å². The van der Waals surface area contributed by atoms with Gasteiger partial charge in [0.2, 0.25) is 17.8 Å². The monoisotopic (exact) mass is 476 g/mol. The number of pyridine rings is 1. The Morgan fingerprint density at radius 3 is 2.18 bits per heavy atom. The van der Waals surface area contributed by atoms with E-state index in [1.807, 2.05) is 0 Å². The van der Waals surface area contributed by atoms with E-state index in [1.54, 1.807) is 0 Å². The summed E-state index contributed by atoms with van der Waals surface area (Å²) in [6.45, 7) is 0. The molecule has 4 rings (SSSR count). The lowest BCUT2D eigenvalue weighted by atomic mass is 9.76. The van der Waals surface area contributed by atoms with Crippen molar-refractivity contribution in [2.45, 2.75) is 81.3 Å². The average Bonchev–Trinajstić information content (AvgIpc) is 2.75. The first-order valence-corrected chi connectivity index (χ1v) is 11.0. The lowest BCUT2D eigenvalue weighted by Gasteiger charge is -2.44. The van der Waals surface area contributed by atoms with E-state index in [0.29, 0.717) is 0 Å². The van der Waals surface area contributed by atoms with Gasteiger partial charge in [-0.15, -0.1) is 0 Å². The van der Waals surface area contributed by atoms with Gasteiger partial charge in [0.1, 0.15) is 5.69 Å². The van der Waals surface area contributed by atoms with Crippen LogP contribution in [0.15, 0.2) is 28.2 Å². The summed E-state index contributed by atoms with van der Waals surface area (Å²) in [6.07, 6.45) is -3.75. The van der Waals surface area contributed by atoms with E-state index >= 15 is 0 Å². The maximum absolute atomic E-state index is 13.9. The van der Waals surface area contributed by atoms with Gasteiger partial charge < -0.3 is 11.1 Å². The number of aliphatic imine (C=N–C) groups is 2. The maximum atomic E-state index is 13.9. The lowest BCUT2D eigenvalue weighted by Crippen LogP contribution is -2.62. The second-order valence-electron chi connectivity index (χ2n) is 8.96. The minimum absolute atomic E-state index is 0.0559. The number of rotatable bonds is 4. The van der Waals surface area contributed by atoms with Crippen LogP contribution in [0, 0.1) is 5.92 Å². The maximum Gasteiger partial charge on any atom is 0.280 e. The molecule has 1 unspecified atom stereocenters. The molecule has 0 bridgehead atoms. The summed E-state index contributed by atoms with van der Waals surface area (Å²) >= 11 is 0.